The molecule has 0 bridgehead atoms. The van der Waals surface area contributed by atoms with E-state index in [0.29, 0.717) is 18.4 Å². The van der Waals surface area contributed by atoms with Gasteiger partial charge in [-0.1, -0.05) is 12.1 Å². The maximum absolute atomic E-state index is 13.0. The van der Waals surface area contributed by atoms with E-state index in [2.05, 4.69) is 28.9 Å². The lowest BCUT2D eigenvalue weighted by Gasteiger charge is -2.37. The van der Waals surface area contributed by atoms with Crippen LogP contribution >= 0.6 is 0 Å². The Morgan fingerprint density at radius 3 is 2.81 bits per heavy atom. The van der Waals surface area contributed by atoms with Crippen molar-refractivity contribution in [3.63, 3.8) is 0 Å². The van der Waals surface area contributed by atoms with E-state index in [9.17, 15) is 4.79 Å². The van der Waals surface area contributed by atoms with Gasteiger partial charge < -0.3 is 14.5 Å². The summed E-state index contributed by atoms with van der Waals surface area (Å²) >= 11 is 0. The number of benzene rings is 1. The second-order valence-corrected chi connectivity index (χ2v) is 8.33. The molecule has 1 aromatic rings. The molecule has 1 amide bonds. The highest BCUT2D eigenvalue weighted by molar-refractivity contribution is 5.79. The monoisotopic (exact) mass is 356 g/mol. The maximum atomic E-state index is 13.0. The zero-order valence-corrected chi connectivity index (χ0v) is 16.1. The summed E-state index contributed by atoms with van der Waals surface area (Å²) in [5.41, 5.74) is 2.39. The first-order valence-corrected chi connectivity index (χ1v) is 10.5. The molecule has 0 aliphatic carbocycles. The number of carbonyl (C=O) groups is 1. The van der Waals surface area contributed by atoms with Crippen molar-refractivity contribution in [2.24, 2.45) is 0 Å². The molecule has 0 spiro atoms. The topological polar surface area (TPSA) is 32.8 Å². The van der Waals surface area contributed by atoms with Crippen LogP contribution in [0.2, 0.25) is 0 Å². The molecule has 0 N–H and O–H groups in total. The molecule has 4 nitrogen and oxygen atoms in total. The van der Waals surface area contributed by atoms with Crippen molar-refractivity contribution in [3.05, 3.63) is 29.3 Å². The number of hydrogen-bond donors (Lipinski definition) is 0. The van der Waals surface area contributed by atoms with Crippen molar-refractivity contribution >= 4 is 5.91 Å². The third-order valence-corrected chi connectivity index (χ3v) is 6.24. The number of carbonyl (C=O) groups excluding carboxylic acids is 1. The molecule has 2 unspecified atom stereocenters. The summed E-state index contributed by atoms with van der Waals surface area (Å²) in [6.45, 7) is 6.69. The highest BCUT2D eigenvalue weighted by Crippen LogP contribution is 2.30. The highest BCUT2D eigenvalue weighted by Gasteiger charge is 2.28. The van der Waals surface area contributed by atoms with E-state index in [4.69, 9.17) is 4.74 Å². The van der Waals surface area contributed by atoms with Gasteiger partial charge in [0.25, 0.3) is 0 Å². The number of likely N-dealkylation sites (tertiary alicyclic amines) is 2. The Morgan fingerprint density at radius 2 is 1.96 bits per heavy atom. The van der Waals surface area contributed by atoms with E-state index in [0.717, 1.165) is 43.7 Å². The highest BCUT2D eigenvalue weighted by atomic mass is 16.5. The first-order valence-electron chi connectivity index (χ1n) is 10.5. The quantitative estimate of drug-likeness (QED) is 0.810. The number of amides is 1. The molecular weight excluding hydrogens is 324 g/mol. The van der Waals surface area contributed by atoms with E-state index in [1.165, 1.54) is 44.3 Å². The van der Waals surface area contributed by atoms with E-state index in [-0.39, 0.29) is 6.10 Å². The second kappa shape index (κ2) is 7.99. The van der Waals surface area contributed by atoms with Gasteiger partial charge in [0.05, 0.1) is 6.42 Å². The molecule has 2 fully saturated rings. The first kappa shape index (κ1) is 17.8. The molecule has 4 rings (SSSR count). The Bertz CT molecular complexity index is 639. The molecule has 1 aromatic carbocycles. The minimum atomic E-state index is 0.257. The van der Waals surface area contributed by atoms with Crippen LogP contribution in [0.15, 0.2) is 18.2 Å². The van der Waals surface area contributed by atoms with Crippen LogP contribution in [-0.2, 0) is 17.6 Å². The molecule has 2 atom stereocenters. The molecule has 2 saturated heterocycles. The van der Waals surface area contributed by atoms with Gasteiger partial charge in [0.15, 0.2) is 0 Å². The summed E-state index contributed by atoms with van der Waals surface area (Å²) in [6.07, 6.45) is 9.16. The van der Waals surface area contributed by atoms with E-state index < -0.39 is 0 Å². The lowest BCUT2D eigenvalue weighted by molar-refractivity contribution is -0.134. The summed E-state index contributed by atoms with van der Waals surface area (Å²) in [5.74, 6) is 1.30. The molecular formula is C22H32N2O2. The Kier molecular flexibility index (Phi) is 5.49. The van der Waals surface area contributed by atoms with Gasteiger partial charge in [-0.2, -0.15) is 0 Å². The predicted octanol–water partition coefficient (Wildman–Crippen LogP) is 3.42. The SMILES string of the molecule is CC1Cc2cc(CC(=O)N3CCCCC3CCN3CCCC3)ccc2O1. The van der Waals surface area contributed by atoms with Gasteiger partial charge in [-0.25, -0.2) is 0 Å². The number of piperidine rings is 1. The van der Waals surface area contributed by atoms with Crippen molar-refractivity contribution in [2.45, 2.75) is 70.4 Å². The van der Waals surface area contributed by atoms with Crippen LogP contribution in [0.1, 0.15) is 56.6 Å². The van der Waals surface area contributed by atoms with E-state index in [1.54, 1.807) is 0 Å². The number of nitrogens with zero attached hydrogens (tertiary/aromatic N) is 2. The summed E-state index contributed by atoms with van der Waals surface area (Å²) in [6, 6.07) is 6.73. The molecule has 0 radical (unpaired) electrons. The number of ether oxygens (including phenoxy) is 1. The fourth-order valence-electron chi connectivity index (χ4n) is 4.83. The molecule has 3 aliphatic heterocycles. The third kappa shape index (κ3) is 4.06. The maximum Gasteiger partial charge on any atom is 0.227 e. The van der Waals surface area contributed by atoms with Gasteiger partial charge in [-0.05, 0) is 75.7 Å². The molecule has 0 saturated carbocycles. The number of hydrogen-bond acceptors (Lipinski definition) is 3. The Morgan fingerprint density at radius 1 is 1.15 bits per heavy atom. The summed E-state index contributed by atoms with van der Waals surface area (Å²) in [7, 11) is 0. The Hall–Kier alpha value is -1.55. The van der Waals surface area contributed by atoms with E-state index in [1.807, 2.05) is 6.07 Å². The van der Waals surface area contributed by atoms with Crippen LogP contribution in [-0.4, -0.2) is 54.0 Å². The van der Waals surface area contributed by atoms with Gasteiger partial charge in [-0.15, -0.1) is 0 Å². The van der Waals surface area contributed by atoms with Crippen LogP contribution in [0.4, 0.5) is 0 Å². The largest absolute Gasteiger partial charge is 0.490 e. The zero-order valence-electron chi connectivity index (χ0n) is 16.1. The van der Waals surface area contributed by atoms with Crippen LogP contribution < -0.4 is 4.74 Å². The first-order chi connectivity index (χ1) is 12.7. The summed E-state index contributed by atoms with van der Waals surface area (Å²) in [4.78, 5) is 17.8. The van der Waals surface area contributed by atoms with Crippen molar-refractivity contribution < 1.29 is 9.53 Å². The van der Waals surface area contributed by atoms with Gasteiger partial charge in [0.1, 0.15) is 11.9 Å². The fourth-order valence-corrected chi connectivity index (χ4v) is 4.83. The molecule has 3 aliphatic rings. The van der Waals surface area contributed by atoms with Gasteiger partial charge in [-0.3, -0.25) is 4.79 Å². The molecule has 0 aromatic heterocycles. The Labute approximate surface area is 157 Å². The zero-order chi connectivity index (χ0) is 17.9. The average Bonchev–Trinajstić information content (AvgIpc) is 3.28. The van der Waals surface area contributed by atoms with Crippen molar-refractivity contribution in [2.75, 3.05) is 26.2 Å². The minimum absolute atomic E-state index is 0.257. The predicted molar refractivity (Wildman–Crippen MR) is 104 cm³/mol. The number of rotatable bonds is 5. The normalized spacial score (nSPS) is 26.0. The summed E-state index contributed by atoms with van der Waals surface area (Å²) < 4.78 is 5.78. The third-order valence-electron chi connectivity index (χ3n) is 6.24. The van der Waals surface area contributed by atoms with E-state index >= 15 is 0 Å². The lowest BCUT2D eigenvalue weighted by Crippen LogP contribution is -2.45. The summed E-state index contributed by atoms with van der Waals surface area (Å²) in [5, 5.41) is 0. The number of fused-ring (bicyclic) bond motifs is 1. The standard InChI is InChI=1S/C22H32N2O2/c1-17-14-19-15-18(7-8-21(19)26-17)16-22(25)24-12-3-2-6-20(24)9-13-23-10-4-5-11-23/h7-8,15,17,20H,2-6,9-14,16H2,1H3. The van der Waals surface area contributed by atoms with Crippen LogP contribution in [0.3, 0.4) is 0 Å². The smallest absolute Gasteiger partial charge is 0.227 e. The molecule has 142 valence electrons. The molecule has 4 heteroatoms. The molecule has 3 heterocycles. The van der Waals surface area contributed by atoms with Gasteiger partial charge in [0, 0.05) is 25.6 Å². The van der Waals surface area contributed by atoms with Crippen LogP contribution in [0.25, 0.3) is 0 Å². The minimum Gasteiger partial charge on any atom is -0.490 e. The van der Waals surface area contributed by atoms with Crippen molar-refractivity contribution in [1.29, 1.82) is 0 Å². The van der Waals surface area contributed by atoms with Gasteiger partial charge >= 0.3 is 0 Å². The Balaban J connectivity index is 1.36. The molecule has 26 heavy (non-hydrogen) atoms. The average molecular weight is 357 g/mol. The van der Waals surface area contributed by atoms with Gasteiger partial charge in [0.2, 0.25) is 5.91 Å². The van der Waals surface area contributed by atoms with Crippen LogP contribution in [0.5, 0.6) is 5.75 Å². The van der Waals surface area contributed by atoms with Crippen LogP contribution in [0, 0.1) is 0 Å². The second-order valence-electron chi connectivity index (χ2n) is 8.33. The lowest BCUT2D eigenvalue weighted by atomic mass is 9.97. The van der Waals surface area contributed by atoms with Crippen molar-refractivity contribution in [1.82, 2.24) is 9.80 Å². The van der Waals surface area contributed by atoms with Crippen molar-refractivity contribution in [3.8, 4) is 5.75 Å². The fraction of sp³-hybridized carbons (Fsp3) is 0.682.